The standard InChI is InChI=1S/C12H12F6N2O/c13-11(14,15)10(12(16,17)18)8(20-19)7-3-1-2-6-4-5-21-9(6)7/h1-3,8,10,20H,4-5,19H2. The summed E-state index contributed by atoms with van der Waals surface area (Å²) in [5, 5.41) is 0. The van der Waals surface area contributed by atoms with Gasteiger partial charge in [0.15, 0.2) is 5.92 Å². The van der Waals surface area contributed by atoms with Crippen molar-refractivity contribution in [3.63, 3.8) is 0 Å². The van der Waals surface area contributed by atoms with Crippen LogP contribution in [0.15, 0.2) is 18.2 Å². The molecule has 1 aliphatic rings. The Hall–Kier alpha value is -1.48. The zero-order valence-corrected chi connectivity index (χ0v) is 10.6. The van der Waals surface area contributed by atoms with Crippen molar-refractivity contribution >= 4 is 0 Å². The molecule has 0 saturated heterocycles. The molecule has 0 radical (unpaired) electrons. The van der Waals surface area contributed by atoms with Crippen LogP contribution in [-0.4, -0.2) is 19.0 Å². The second-order valence-electron chi connectivity index (χ2n) is 4.64. The van der Waals surface area contributed by atoms with Crippen LogP contribution in [-0.2, 0) is 6.42 Å². The van der Waals surface area contributed by atoms with Crippen LogP contribution in [0.4, 0.5) is 26.3 Å². The Bertz CT molecular complexity index is 499. The molecular formula is C12H12F6N2O. The molecule has 0 aliphatic carbocycles. The van der Waals surface area contributed by atoms with Gasteiger partial charge >= 0.3 is 12.4 Å². The first-order valence-electron chi connectivity index (χ1n) is 6.00. The van der Waals surface area contributed by atoms with Crippen molar-refractivity contribution in [1.29, 1.82) is 0 Å². The number of rotatable bonds is 3. The fourth-order valence-electron chi connectivity index (χ4n) is 2.41. The highest BCUT2D eigenvalue weighted by Gasteiger charge is 2.61. The van der Waals surface area contributed by atoms with E-state index >= 15 is 0 Å². The Balaban J connectivity index is 2.50. The van der Waals surface area contributed by atoms with Crippen LogP contribution < -0.4 is 16.0 Å². The minimum Gasteiger partial charge on any atom is -0.493 e. The van der Waals surface area contributed by atoms with Crippen LogP contribution in [0.2, 0.25) is 0 Å². The molecule has 1 aromatic rings. The highest BCUT2D eigenvalue weighted by Crippen LogP contribution is 2.48. The smallest absolute Gasteiger partial charge is 0.402 e. The molecule has 1 aromatic carbocycles. The van der Waals surface area contributed by atoms with E-state index in [1.54, 1.807) is 11.5 Å². The molecule has 1 aliphatic heterocycles. The summed E-state index contributed by atoms with van der Waals surface area (Å²) in [5.41, 5.74) is 1.96. The zero-order chi connectivity index (χ0) is 15.8. The lowest BCUT2D eigenvalue weighted by molar-refractivity contribution is -0.293. The first-order chi connectivity index (χ1) is 9.66. The average molecular weight is 314 g/mol. The van der Waals surface area contributed by atoms with E-state index in [-0.39, 0.29) is 17.9 Å². The fourth-order valence-corrected chi connectivity index (χ4v) is 2.41. The number of ether oxygens (including phenoxy) is 1. The Labute approximate surface area is 116 Å². The van der Waals surface area contributed by atoms with Gasteiger partial charge in [-0.1, -0.05) is 18.2 Å². The van der Waals surface area contributed by atoms with E-state index in [0.29, 0.717) is 12.0 Å². The Morgan fingerprint density at radius 1 is 1.10 bits per heavy atom. The van der Waals surface area contributed by atoms with Gasteiger partial charge < -0.3 is 4.74 Å². The number of fused-ring (bicyclic) bond motifs is 1. The Kier molecular flexibility index (Phi) is 4.07. The largest absolute Gasteiger partial charge is 0.493 e. The quantitative estimate of drug-likeness (QED) is 0.512. The second-order valence-corrected chi connectivity index (χ2v) is 4.64. The fraction of sp³-hybridized carbons (Fsp3) is 0.500. The molecule has 0 fully saturated rings. The van der Waals surface area contributed by atoms with Gasteiger partial charge in [0, 0.05) is 12.0 Å². The number of hydrazine groups is 1. The van der Waals surface area contributed by atoms with Crippen LogP contribution in [0.3, 0.4) is 0 Å². The van der Waals surface area contributed by atoms with E-state index < -0.39 is 24.3 Å². The molecule has 2 rings (SSSR count). The van der Waals surface area contributed by atoms with Gasteiger partial charge in [0.2, 0.25) is 0 Å². The summed E-state index contributed by atoms with van der Waals surface area (Å²) in [4.78, 5) is 0. The van der Waals surface area contributed by atoms with Gasteiger partial charge in [-0.25, -0.2) is 0 Å². The number of alkyl halides is 6. The molecule has 0 spiro atoms. The van der Waals surface area contributed by atoms with Crippen molar-refractivity contribution in [2.24, 2.45) is 11.8 Å². The van der Waals surface area contributed by atoms with Crippen molar-refractivity contribution in [2.75, 3.05) is 6.61 Å². The third-order valence-electron chi connectivity index (χ3n) is 3.30. The van der Waals surface area contributed by atoms with Crippen LogP contribution in [0.25, 0.3) is 0 Å². The molecule has 0 bridgehead atoms. The molecular weight excluding hydrogens is 302 g/mol. The normalized spacial score (nSPS) is 16.8. The van der Waals surface area contributed by atoms with Crippen molar-refractivity contribution in [1.82, 2.24) is 5.43 Å². The van der Waals surface area contributed by atoms with E-state index in [1.807, 2.05) is 0 Å². The van der Waals surface area contributed by atoms with Gasteiger partial charge in [0.1, 0.15) is 5.75 Å². The summed E-state index contributed by atoms with van der Waals surface area (Å²) in [6.45, 7) is 0.215. The Morgan fingerprint density at radius 3 is 2.24 bits per heavy atom. The number of hydrogen-bond acceptors (Lipinski definition) is 3. The number of nitrogens with two attached hydrogens (primary N) is 1. The number of nitrogens with one attached hydrogen (secondary N) is 1. The second kappa shape index (κ2) is 5.38. The first kappa shape index (κ1) is 15.9. The molecule has 1 unspecified atom stereocenters. The van der Waals surface area contributed by atoms with Gasteiger partial charge in [-0.2, -0.15) is 26.3 Å². The minimum atomic E-state index is -5.49. The predicted molar refractivity (Wildman–Crippen MR) is 61.3 cm³/mol. The van der Waals surface area contributed by atoms with E-state index in [2.05, 4.69) is 0 Å². The third kappa shape index (κ3) is 3.08. The van der Waals surface area contributed by atoms with Crippen molar-refractivity contribution < 1.29 is 31.1 Å². The van der Waals surface area contributed by atoms with E-state index in [0.717, 1.165) is 6.07 Å². The van der Waals surface area contributed by atoms with Crippen molar-refractivity contribution in [3.8, 4) is 5.75 Å². The summed E-state index contributed by atoms with van der Waals surface area (Å²) in [6, 6.07) is 1.96. The summed E-state index contributed by atoms with van der Waals surface area (Å²) < 4.78 is 82.2. The molecule has 0 aromatic heterocycles. The van der Waals surface area contributed by atoms with Gasteiger partial charge in [-0.15, -0.1) is 0 Å². The van der Waals surface area contributed by atoms with Crippen molar-refractivity contribution in [2.45, 2.75) is 24.8 Å². The van der Waals surface area contributed by atoms with Gasteiger partial charge in [0.05, 0.1) is 12.6 Å². The van der Waals surface area contributed by atoms with Crippen LogP contribution >= 0.6 is 0 Å². The molecule has 0 saturated carbocycles. The lowest BCUT2D eigenvalue weighted by Gasteiger charge is -2.31. The lowest BCUT2D eigenvalue weighted by Crippen LogP contribution is -2.47. The lowest BCUT2D eigenvalue weighted by atomic mass is 9.90. The van der Waals surface area contributed by atoms with E-state index in [4.69, 9.17) is 10.6 Å². The number of benzene rings is 1. The molecule has 21 heavy (non-hydrogen) atoms. The molecule has 9 heteroatoms. The van der Waals surface area contributed by atoms with Crippen LogP contribution in [0.1, 0.15) is 17.2 Å². The topological polar surface area (TPSA) is 47.3 Å². The Morgan fingerprint density at radius 2 is 1.71 bits per heavy atom. The molecule has 3 nitrogen and oxygen atoms in total. The third-order valence-corrected chi connectivity index (χ3v) is 3.30. The highest BCUT2D eigenvalue weighted by molar-refractivity contribution is 5.46. The van der Waals surface area contributed by atoms with E-state index in [9.17, 15) is 26.3 Å². The van der Waals surface area contributed by atoms with Crippen LogP contribution in [0, 0.1) is 5.92 Å². The summed E-state index contributed by atoms with van der Waals surface area (Å²) in [6.07, 6.45) is -10.5. The first-order valence-corrected chi connectivity index (χ1v) is 6.00. The maximum absolute atomic E-state index is 12.8. The summed E-state index contributed by atoms with van der Waals surface area (Å²) >= 11 is 0. The van der Waals surface area contributed by atoms with Gasteiger partial charge in [0.25, 0.3) is 0 Å². The number of para-hydroxylation sites is 1. The molecule has 3 N–H and O–H groups in total. The maximum Gasteiger partial charge on any atom is 0.402 e. The average Bonchev–Trinajstić information content (AvgIpc) is 2.80. The molecule has 0 amide bonds. The monoisotopic (exact) mass is 314 g/mol. The molecule has 118 valence electrons. The predicted octanol–water partition coefficient (Wildman–Crippen LogP) is 2.87. The SMILES string of the molecule is NNC(c1cccc2c1OCC2)C(C(F)(F)F)C(F)(F)F. The summed E-state index contributed by atoms with van der Waals surface area (Å²) in [5.74, 6) is 1.41. The number of halogens is 6. The summed E-state index contributed by atoms with van der Waals surface area (Å²) in [7, 11) is 0. The minimum absolute atomic E-state index is 0.0407. The number of hydrogen-bond donors (Lipinski definition) is 2. The van der Waals surface area contributed by atoms with E-state index in [1.165, 1.54) is 6.07 Å². The molecule has 1 heterocycles. The molecule has 1 atom stereocenters. The van der Waals surface area contributed by atoms with Crippen LogP contribution in [0.5, 0.6) is 5.75 Å². The zero-order valence-electron chi connectivity index (χ0n) is 10.6. The highest BCUT2D eigenvalue weighted by atomic mass is 19.4. The maximum atomic E-state index is 12.8. The van der Waals surface area contributed by atoms with Gasteiger partial charge in [-0.05, 0) is 5.56 Å². The van der Waals surface area contributed by atoms with Gasteiger partial charge in [-0.3, -0.25) is 11.3 Å². The van der Waals surface area contributed by atoms with Crippen molar-refractivity contribution in [3.05, 3.63) is 29.3 Å².